The summed E-state index contributed by atoms with van der Waals surface area (Å²) in [6, 6.07) is 7.60. The molecule has 0 unspecified atom stereocenters. The lowest BCUT2D eigenvalue weighted by Crippen LogP contribution is -2.32. The van der Waals surface area contributed by atoms with E-state index in [1.54, 1.807) is 0 Å². The van der Waals surface area contributed by atoms with Crippen LogP contribution >= 0.6 is 0 Å². The second kappa shape index (κ2) is 4.32. The lowest BCUT2D eigenvalue weighted by atomic mass is 10.0. The van der Waals surface area contributed by atoms with Crippen LogP contribution in [0.2, 0.25) is 0 Å². The molecule has 0 heterocycles. The predicted molar refractivity (Wildman–Crippen MR) is 65.8 cm³/mol. The Morgan fingerprint density at radius 3 is 2.24 bits per heavy atom. The molecular weight excluding hydrogens is 214 g/mol. The van der Waals surface area contributed by atoms with Gasteiger partial charge in [0.1, 0.15) is 0 Å². The van der Waals surface area contributed by atoms with Crippen LogP contribution in [0.1, 0.15) is 49.0 Å². The first-order chi connectivity index (χ1) is 8.07. The SMILES string of the molecule is CCC(=O)c1ccc(C2(NC(C)=O)CC2)cc1. The standard InChI is InChI=1S/C14H17NO2/c1-3-13(17)11-4-6-12(7-5-11)14(8-9-14)15-10(2)16/h4-7H,3,8-9H2,1-2H3,(H,15,16). The Kier molecular flexibility index (Phi) is 3.01. The van der Waals surface area contributed by atoms with Crippen molar-refractivity contribution in [2.45, 2.75) is 38.6 Å². The van der Waals surface area contributed by atoms with E-state index in [-0.39, 0.29) is 17.2 Å². The largest absolute Gasteiger partial charge is 0.347 e. The van der Waals surface area contributed by atoms with E-state index in [2.05, 4.69) is 5.32 Å². The minimum absolute atomic E-state index is 0.00351. The summed E-state index contributed by atoms with van der Waals surface area (Å²) >= 11 is 0. The molecule has 1 saturated carbocycles. The average Bonchev–Trinajstić information content (AvgIpc) is 3.08. The van der Waals surface area contributed by atoms with Gasteiger partial charge in [-0.2, -0.15) is 0 Å². The van der Waals surface area contributed by atoms with Crippen molar-refractivity contribution in [3.8, 4) is 0 Å². The van der Waals surface area contributed by atoms with Crippen LogP contribution < -0.4 is 5.32 Å². The number of hydrogen-bond acceptors (Lipinski definition) is 2. The molecular formula is C14H17NO2. The van der Waals surface area contributed by atoms with Crippen LogP contribution in [0.15, 0.2) is 24.3 Å². The van der Waals surface area contributed by atoms with Gasteiger partial charge in [0.25, 0.3) is 0 Å². The van der Waals surface area contributed by atoms with Crippen molar-refractivity contribution in [2.24, 2.45) is 0 Å². The third kappa shape index (κ3) is 2.38. The molecule has 0 radical (unpaired) electrons. The zero-order chi connectivity index (χ0) is 12.5. The number of nitrogens with one attached hydrogen (secondary N) is 1. The quantitative estimate of drug-likeness (QED) is 0.809. The van der Waals surface area contributed by atoms with E-state index in [1.165, 1.54) is 6.92 Å². The Bertz CT molecular complexity index is 444. The highest BCUT2D eigenvalue weighted by Crippen LogP contribution is 2.45. The normalized spacial score (nSPS) is 16.4. The van der Waals surface area contributed by atoms with Gasteiger partial charge in [-0.05, 0) is 18.4 Å². The fourth-order valence-corrected chi connectivity index (χ4v) is 2.13. The molecule has 0 bridgehead atoms. The van der Waals surface area contributed by atoms with Crippen LogP contribution in [0, 0.1) is 0 Å². The molecule has 0 spiro atoms. The van der Waals surface area contributed by atoms with Crippen molar-refractivity contribution in [3.05, 3.63) is 35.4 Å². The summed E-state index contributed by atoms with van der Waals surface area (Å²) < 4.78 is 0. The van der Waals surface area contributed by atoms with Crippen molar-refractivity contribution >= 4 is 11.7 Å². The van der Waals surface area contributed by atoms with Crippen LogP contribution in [0.3, 0.4) is 0 Å². The van der Waals surface area contributed by atoms with E-state index in [0.717, 1.165) is 24.0 Å². The van der Waals surface area contributed by atoms with Crippen molar-refractivity contribution in [3.63, 3.8) is 0 Å². The highest BCUT2D eigenvalue weighted by Gasteiger charge is 2.44. The first-order valence-corrected chi connectivity index (χ1v) is 6.00. The summed E-state index contributed by atoms with van der Waals surface area (Å²) in [5, 5.41) is 2.99. The highest BCUT2D eigenvalue weighted by molar-refractivity contribution is 5.95. The molecule has 1 amide bonds. The molecule has 1 fully saturated rings. The van der Waals surface area contributed by atoms with E-state index in [9.17, 15) is 9.59 Å². The Morgan fingerprint density at radius 1 is 1.24 bits per heavy atom. The van der Waals surface area contributed by atoms with E-state index in [4.69, 9.17) is 0 Å². The summed E-state index contributed by atoms with van der Waals surface area (Å²) in [6.07, 6.45) is 2.48. The molecule has 0 aliphatic heterocycles. The van der Waals surface area contributed by atoms with Crippen molar-refractivity contribution in [2.75, 3.05) is 0 Å². The monoisotopic (exact) mass is 231 g/mol. The third-order valence-corrected chi connectivity index (χ3v) is 3.25. The molecule has 1 N–H and O–H groups in total. The fourth-order valence-electron chi connectivity index (χ4n) is 2.13. The number of benzene rings is 1. The number of hydrogen-bond donors (Lipinski definition) is 1. The lowest BCUT2D eigenvalue weighted by Gasteiger charge is -2.16. The smallest absolute Gasteiger partial charge is 0.217 e. The average molecular weight is 231 g/mol. The number of carbonyl (C=O) groups is 2. The maximum atomic E-state index is 11.5. The number of ketones is 1. The topological polar surface area (TPSA) is 46.2 Å². The number of rotatable bonds is 4. The molecule has 1 aliphatic rings. The summed E-state index contributed by atoms with van der Waals surface area (Å²) in [5.74, 6) is 0.150. The zero-order valence-corrected chi connectivity index (χ0v) is 10.2. The molecule has 2 rings (SSSR count). The minimum Gasteiger partial charge on any atom is -0.347 e. The van der Waals surface area contributed by atoms with E-state index in [1.807, 2.05) is 31.2 Å². The highest BCUT2D eigenvalue weighted by atomic mass is 16.1. The Balaban J connectivity index is 2.18. The summed E-state index contributed by atoms with van der Waals surface area (Å²) in [5.41, 5.74) is 1.68. The first-order valence-electron chi connectivity index (χ1n) is 6.00. The molecule has 0 atom stereocenters. The van der Waals surface area contributed by atoms with Gasteiger partial charge in [0.15, 0.2) is 5.78 Å². The molecule has 1 aromatic carbocycles. The second-order valence-corrected chi connectivity index (χ2v) is 4.62. The van der Waals surface area contributed by atoms with E-state index >= 15 is 0 Å². The minimum atomic E-state index is -0.167. The molecule has 1 aromatic rings. The number of carbonyl (C=O) groups excluding carboxylic acids is 2. The summed E-state index contributed by atoms with van der Waals surface area (Å²) in [7, 11) is 0. The Morgan fingerprint density at radius 2 is 1.82 bits per heavy atom. The maximum Gasteiger partial charge on any atom is 0.217 e. The fraction of sp³-hybridized carbons (Fsp3) is 0.429. The molecule has 1 aliphatic carbocycles. The third-order valence-electron chi connectivity index (χ3n) is 3.25. The summed E-state index contributed by atoms with van der Waals surface area (Å²) in [6.45, 7) is 3.39. The molecule has 3 nitrogen and oxygen atoms in total. The van der Waals surface area contributed by atoms with Gasteiger partial charge in [0.05, 0.1) is 5.54 Å². The van der Waals surface area contributed by atoms with Gasteiger partial charge in [-0.3, -0.25) is 9.59 Å². The molecule has 0 saturated heterocycles. The molecule has 0 aromatic heterocycles. The van der Waals surface area contributed by atoms with Crippen LogP contribution in [0.25, 0.3) is 0 Å². The van der Waals surface area contributed by atoms with Gasteiger partial charge in [0.2, 0.25) is 5.91 Å². The number of Topliss-reactive ketones (excluding diaryl/α,β-unsaturated/α-hetero) is 1. The first kappa shape index (κ1) is 11.8. The van der Waals surface area contributed by atoms with Gasteiger partial charge in [0, 0.05) is 18.9 Å². The van der Waals surface area contributed by atoms with Crippen LogP contribution in [-0.4, -0.2) is 11.7 Å². The molecule has 3 heteroatoms. The van der Waals surface area contributed by atoms with Crippen molar-refractivity contribution in [1.29, 1.82) is 0 Å². The molecule has 90 valence electrons. The maximum absolute atomic E-state index is 11.5. The van der Waals surface area contributed by atoms with Crippen LogP contribution in [0.4, 0.5) is 0 Å². The van der Waals surface area contributed by atoms with Crippen LogP contribution in [-0.2, 0) is 10.3 Å². The van der Waals surface area contributed by atoms with E-state index in [0.29, 0.717) is 6.42 Å². The van der Waals surface area contributed by atoms with Crippen molar-refractivity contribution in [1.82, 2.24) is 5.32 Å². The second-order valence-electron chi connectivity index (χ2n) is 4.62. The predicted octanol–water partition coefficient (Wildman–Crippen LogP) is 2.40. The van der Waals surface area contributed by atoms with Crippen molar-refractivity contribution < 1.29 is 9.59 Å². The van der Waals surface area contributed by atoms with Gasteiger partial charge >= 0.3 is 0 Å². The van der Waals surface area contributed by atoms with E-state index < -0.39 is 0 Å². The Labute approximate surface area is 101 Å². The lowest BCUT2D eigenvalue weighted by molar-refractivity contribution is -0.120. The zero-order valence-electron chi connectivity index (χ0n) is 10.2. The number of amides is 1. The van der Waals surface area contributed by atoms with Gasteiger partial charge < -0.3 is 5.32 Å². The van der Waals surface area contributed by atoms with Crippen LogP contribution in [0.5, 0.6) is 0 Å². The summed E-state index contributed by atoms with van der Waals surface area (Å²) in [4.78, 5) is 22.6. The molecule has 17 heavy (non-hydrogen) atoms. The Hall–Kier alpha value is -1.64. The van der Waals surface area contributed by atoms with Gasteiger partial charge in [-0.25, -0.2) is 0 Å². The van der Waals surface area contributed by atoms with Gasteiger partial charge in [-0.15, -0.1) is 0 Å². The van der Waals surface area contributed by atoms with Gasteiger partial charge in [-0.1, -0.05) is 31.2 Å².